The molecule has 0 aliphatic heterocycles. The van der Waals surface area contributed by atoms with Gasteiger partial charge in [-0.3, -0.25) is 4.90 Å². The number of hydrogen-bond acceptors (Lipinski definition) is 8. The number of nitrogens with one attached hydrogen (secondary N) is 1. The number of amides is 2. The van der Waals surface area contributed by atoms with Gasteiger partial charge in [-0.05, 0) is 71.7 Å². The fraction of sp³-hybridized carbons (Fsp3) is 0.500. The van der Waals surface area contributed by atoms with Crippen LogP contribution in [0.2, 0.25) is 0 Å². The summed E-state index contributed by atoms with van der Waals surface area (Å²) in [6.07, 6.45) is -0.410. The molecule has 0 spiro atoms. The average Bonchev–Trinajstić information content (AvgIpc) is 3.05. The highest BCUT2D eigenvalue weighted by Gasteiger charge is 2.28. The Balaban J connectivity index is 1.94. The lowest BCUT2D eigenvalue weighted by Crippen LogP contribution is -2.38. The fourth-order valence-electron chi connectivity index (χ4n) is 3.50. The van der Waals surface area contributed by atoms with Gasteiger partial charge in [0.25, 0.3) is 0 Å². The lowest BCUT2D eigenvalue weighted by atomic mass is 10.1. The van der Waals surface area contributed by atoms with Crippen molar-refractivity contribution in [1.29, 1.82) is 0 Å². The van der Waals surface area contributed by atoms with Gasteiger partial charge in [-0.15, -0.1) is 21.5 Å². The highest BCUT2D eigenvalue weighted by atomic mass is 32.1. The molecule has 1 N–H and O–H groups in total. The van der Waals surface area contributed by atoms with Crippen LogP contribution in [0.4, 0.5) is 15.4 Å². The predicted molar refractivity (Wildman–Crippen MR) is 141 cm³/mol. The van der Waals surface area contributed by atoms with Crippen LogP contribution in [0.25, 0.3) is 10.2 Å². The van der Waals surface area contributed by atoms with E-state index in [9.17, 15) is 9.59 Å². The molecule has 2 aromatic heterocycles. The Kier molecular flexibility index (Phi) is 8.18. The van der Waals surface area contributed by atoms with Crippen LogP contribution >= 0.6 is 11.3 Å². The zero-order valence-corrected chi connectivity index (χ0v) is 23.0. The molecule has 0 unspecified atom stereocenters. The maximum Gasteiger partial charge on any atom is 0.416 e. The summed E-state index contributed by atoms with van der Waals surface area (Å²) in [4.78, 5) is 28.0. The van der Waals surface area contributed by atoms with E-state index in [0.717, 1.165) is 20.7 Å². The number of fused-ring (bicyclic) bond motifs is 1. The summed E-state index contributed by atoms with van der Waals surface area (Å²) in [7, 11) is 0. The van der Waals surface area contributed by atoms with Crippen molar-refractivity contribution in [3.05, 3.63) is 46.3 Å². The number of aryl methyl sites for hydroxylation is 1. The summed E-state index contributed by atoms with van der Waals surface area (Å²) in [6, 6.07) is 9.47. The molecule has 0 fully saturated rings. The number of rotatable bonds is 6. The molecule has 3 aromatic rings. The van der Waals surface area contributed by atoms with Gasteiger partial charge in [-0.25, -0.2) is 9.59 Å². The number of aromatic nitrogens is 3. The molecule has 0 aliphatic carbocycles. The highest BCUT2D eigenvalue weighted by molar-refractivity contribution is 7.19. The molecule has 194 valence electrons. The van der Waals surface area contributed by atoms with Gasteiger partial charge < -0.3 is 14.8 Å². The van der Waals surface area contributed by atoms with Crippen LogP contribution in [-0.2, 0) is 22.4 Å². The number of benzene rings is 1. The second-order valence-electron chi connectivity index (χ2n) is 10.7. The van der Waals surface area contributed by atoms with Crippen LogP contribution in [0.1, 0.15) is 64.5 Å². The topological polar surface area (TPSA) is 107 Å². The van der Waals surface area contributed by atoms with Crippen molar-refractivity contribution in [3.8, 4) is 0 Å². The summed E-state index contributed by atoms with van der Waals surface area (Å²) in [5.41, 5.74) is 1.29. The Morgan fingerprint density at radius 1 is 1.03 bits per heavy atom. The number of nitrogens with zero attached hydrogens (tertiary/aromatic N) is 4. The lowest BCUT2D eigenvalue weighted by molar-refractivity contribution is 0.0507. The molecular weight excluding hydrogens is 478 g/mol. The second kappa shape index (κ2) is 10.8. The van der Waals surface area contributed by atoms with Crippen LogP contribution in [0, 0.1) is 6.92 Å². The minimum absolute atomic E-state index is 0.178. The van der Waals surface area contributed by atoms with E-state index in [1.807, 2.05) is 85.7 Å². The standard InChI is InChI=1S/C26H35N5O4S/c1-16(27-23(32)34-25(3,4)5)14-19-17(2)20-21(36-19)22(29-30-28-20)31(24(33)35-26(6,7)8)15-18-12-10-9-11-13-18/h9-13,16H,14-15H2,1-8H3,(H,27,32)/t16-/m0/s1. The Labute approximate surface area is 216 Å². The van der Waals surface area contributed by atoms with Gasteiger partial charge in [-0.2, -0.15) is 0 Å². The maximum absolute atomic E-state index is 13.3. The molecule has 3 rings (SSSR count). The number of anilines is 1. The molecule has 1 aromatic carbocycles. The van der Waals surface area contributed by atoms with Crippen LogP contribution in [0.15, 0.2) is 30.3 Å². The van der Waals surface area contributed by atoms with Crippen molar-refractivity contribution in [2.75, 3.05) is 4.90 Å². The van der Waals surface area contributed by atoms with Crippen molar-refractivity contribution in [2.45, 2.75) is 85.6 Å². The summed E-state index contributed by atoms with van der Waals surface area (Å²) in [5.74, 6) is 0.394. The number of alkyl carbamates (subject to hydrolysis) is 1. The Bertz CT molecular complexity index is 1210. The first-order valence-corrected chi connectivity index (χ1v) is 12.7. The van der Waals surface area contributed by atoms with E-state index in [4.69, 9.17) is 9.47 Å². The predicted octanol–water partition coefficient (Wildman–Crippen LogP) is 5.79. The average molecular weight is 514 g/mol. The van der Waals surface area contributed by atoms with Crippen LogP contribution in [-0.4, -0.2) is 44.8 Å². The van der Waals surface area contributed by atoms with Gasteiger partial charge in [0.15, 0.2) is 5.82 Å². The minimum Gasteiger partial charge on any atom is -0.444 e. The maximum atomic E-state index is 13.3. The summed E-state index contributed by atoms with van der Waals surface area (Å²) in [5, 5.41) is 15.4. The van der Waals surface area contributed by atoms with E-state index in [0.29, 0.717) is 17.8 Å². The quantitative estimate of drug-likeness (QED) is 0.444. The third-order valence-electron chi connectivity index (χ3n) is 5.01. The van der Waals surface area contributed by atoms with Gasteiger partial charge in [0.05, 0.1) is 6.54 Å². The van der Waals surface area contributed by atoms with E-state index in [1.54, 1.807) is 0 Å². The molecule has 36 heavy (non-hydrogen) atoms. The molecule has 9 nitrogen and oxygen atoms in total. The van der Waals surface area contributed by atoms with E-state index in [-0.39, 0.29) is 12.6 Å². The first kappa shape index (κ1) is 27.3. The molecule has 0 bridgehead atoms. The number of ether oxygens (including phenoxy) is 2. The Morgan fingerprint density at radius 3 is 2.28 bits per heavy atom. The van der Waals surface area contributed by atoms with Crippen molar-refractivity contribution < 1.29 is 19.1 Å². The number of hydrogen-bond donors (Lipinski definition) is 1. The van der Waals surface area contributed by atoms with Crippen molar-refractivity contribution in [3.63, 3.8) is 0 Å². The van der Waals surface area contributed by atoms with Crippen LogP contribution < -0.4 is 10.2 Å². The molecule has 0 saturated carbocycles. The van der Waals surface area contributed by atoms with Gasteiger partial charge in [-0.1, -0.05) is 30.3 Å². The summed E-state index contributed by atoms with van der Waals surface area (Å²) >= 11 is 1.49. The fourth-order valence-corrected chi connectivity index (χ4v) is 4.86. The van der Waals surface area contributed by atoms with E-state index >= 15 is 0 Å². The first-order chi connectivity index (χ1) is 16.7. The second-order valence-corrected chi connectivity index (χ2v) is 11.8. The Hall–Kier alpha value is -3.27. The van der Waals surface area contributed by atoms with Gasteiger partial charge in [0.2, 0.25) is 0 Å². The molecule has 0 radical (unpaired) electrons. The van der Waals surface area contributed by atoms with Crippen molar-refractivity contribution >= 4 is 39.6 Å². The van der Waals surface area contributed by atoms with Crippen molar-refractivity contribution in [1.82, 2.24) is 20.7 Å². The molecule has 0 aliphatic rings. The van der Waals surface area contributed by atoms with E-state index < -0.39 is 23.4 Å². The van der Waals surface area contributed by atoms with Crippen LogP contribution in [0.3, 0.4) is 0 Å². The third kappa shape index (κ3) is 7.36. The minimum atomic E-state index is -0.676. The molecule has 0 saturated heterocycles. The number of carbonyl (C=O) groups is 2. The molecule has 2 heterocycles. The van der Waals surface area contributed by atoms with Crippen molar-refractivity contribution in [2.24, 2.45) is 0 Å². The van der Waals surface area contributed by atoms with Gasteiger partial charge in [0, 0.05) is 17.3 Å². The summed E-state index contributed by atoms with van der Waals surface area (Å²) in [6.45, 7) is 15.1. The number of thiophene rings is 1. The SMILES string of the molecule is Cc1c(C[C@H](C)NC(=O)OC(C)(C)C)sc2c(N(Cc3ccccc3)C(=O)OC(C)(C)C)nnnc12. The monoisotopic (exact) mass is 513 g/mol. The lowest BCUT2D eigenvalue weighted by Gasteiger charge is -2.26. The van der Waals surface area contributed by atoms with E-state index in [2.05, 4.69) is 20.7 Å². The smallest absolute Gasteiger partial charge is 0.416 e. The number of carbonyl (C=O) groups excluding carboxylic acids is 2. The van der Waals surface area contributed by atoms with Crippen LogP contribution in [0.5, 0.6) is 0 Å². The zero-order valence-electron chi connectivity index (χ0n) is 22.2. The van der Waals surface area contributed by atoms with Gasteiger partial charge >= 0.3 is 12.2 Å². The molecule has 10 heteroatoms. The third-order valence-corrected chi connectivity index (χ3v) is 6.31. The molecule has 2 amide bonds. The summed E-state index contributed by atoms with van der Waals surface area (Å²) < 4.78 is 11.8. The normalized spacial score (nSPS) is 12.8. The highest BCUT2D eigenvalue weighted by Crippen LogP contribution is 2.36. The Morgan fingerprint density at radius 2 is 1.67 bits per heavy atom. The van der Waals surface area contributed by atoms with Gasteiger partial charge in [0.1, 0.15) is 21.4 Å². The first-order valence-electron chi connectivity index (χ1n) is 11.9. The molecular formula is C26H35N5O4S. The largest absolute Gasteiger partial charge is 0.444 e. The van der Waals surface area contributed by atoms with E-state index in [1.165, 1.54) is 16.2 Å². The zero-order chi connectivity index (χ0) is 26.7. The molecule has 1 atom stereocenters.